The van der Waals surface area contributed by atoms with Gasteiger partial charge >= 0.3 is 16.1 Å². The Morgan fingerprint density at radius 1 is 1.04 bits per heavy atom. The highest BCUT2D eigenvalue weighted by Gasteiger charge is 2.20. The van der Waals surface area contributed by atoms with Crippen LogP contribution in [0.2, 0.25) is 0 Å². The molecule has 2 rings (SSSR count). The second kappa shape index (κ2) is 7.57. The summed E-state index contributed by atoms with van der Waals surface area (Å²) in [5.41, 5.74) is 6.52. The zero-order valence-electron chi connectivity index (χ0n) is 14.6. The van der Waals surface area contributed by atoms with Gasteiger partial charge in [0.1, 0.15) is 10.6 Å². The van der Waals surface area contributed by atoms with Crippen LogP contribution < -0.4 is 9.92 Å². The van der Waals surface area contributed by atoms with Gasteiger partial charge in [0.05, 0.1) is 5.56 Å². The quantitative estimate of drug-likeness (QED) is 0.609. The number of hydrogen-bond acceptors (Lipinski definition) is 6. The van der Waals surface area contributed by atoms with Gasteiger partial charge in [-0.05, 0) is 62.2 Å². The topological polar surface area (TPSA) is 113 Å². The van der Waals surface area contributed by atoms with Crippen molar-refractivity contribution < 1.29 is 26.9 Å². The maximum absolute atomic E-state index is 12.4. The van der Waals surface area contributed by atoms with Gasteiger partial charge in [0.15, 0.2) is 6.10 Å². The molecule has 0 radical (unpaired) electrons. The van der Waals surface area contributed by atoms with Crippen molar-refractivity contribution in [2.75, 3.05) is 0 Å². The molecule has 0 aliphatic heterocycles. The van der Waals surface area contributed by atoms with Crippen molar-refractivity contribution in [3.8, 4) is 5.75 Å². The van der Waals surface area contributed by atoms with E-state index >= 15 is 0 Å². The maximum Gasteiger partial charge on any atom is 0.339 e. The summed E-state index contributed by atoms with van der Waals surface area (Å²) in [6.45, 7) is 4.81. The number of amides is 1. The largest absolute Gasteiger partial charge is 0.449 e. The van der Waals surface area contributed by atoms with Gasteiger partial charge in [-0.3, -0.25) is 4.79 Å². The number of nitrogens with two attached hydrogens (primary N) is 1. The number of benzene rings is 2. The molecule has 2 aromatic carbocycles. The van der Waals surface area contributed by atoms with E-state index in [4.69, 9.17) is 14.7 Å². The molecule has 2 N–H and O–H groups in total. The normalized spacial score (nSPS) is 12.3. The van der Waals surface area contributed by atoms with E-state index in [9.17, 15) is 18.0 Å². The summed E-state index contributed by atoms with van der Waals surface area (Å²) in [6.07, 6.45) is -1.07. The minimum atomic E-state index is -4.01. The summed E-state index contributed by atoms with van der Waals surface area (Å²) < 4.78 is 34.9. The Balaban J connectivity index is 2.17. The van der Waals surface area contributed by atoms with E-state index in [2.05, 4.69) is 0 Å². The summed E-state index contributed by atoms with van der Waals surface area (Å²) in [4.78, 5) is 22.9. The summed E-state index contributed by atoms with van der Waals surface area (Å²) >= 11 is 0. The molecule has 1 atom stereocenters. The lowest BCUT2D eigenvalue weighted by atomic mass is 10.2. The summed E-state index contributed by atoms with van der Waals surface area (Å²) in [7, 11) is -4.01. The minimum Gasteiger partial charge on any atom is -0.449 e. The predicted octanol–water partition coefficient (Wildman–Crippen LogP) is 2.10. The van der Waals surface area contributed by atoms with Crippen LogP contribution in [0.1, 0.15) is 28.4 Å². The van der Waals surface area contributed by atoms with E-state index in [1.807, 2.05) is 6.07 Å². The van der Waals surface area contributed by atoms with Crippen LogP contribution in [0.3, 0.4) is 0 Å². The maximum atomic E-state index is 12.4. The van der Waals surface area contributed by atoms with Crippen LogP contribution in [0, 0.1) is 13.8 Å². The standard InChI is InChI=1S/C18H19NO6S/c1-11-4-5-12(2)16(10-11)26(22,23)25-15-8-6-14(7-9-15)18(21)24-13(3)17(19)20/h4-10,13H,1-3H3,(H2,19,20)/t13-/m0/s1. The molecular formula is C18H19NO6S. The molecular weight excluding hydrogens is 358 g/mol. The zero-order chi connectivity index (χ0) is 19.5. The number of ether oxygens (including phenoxy) is 1. The number of esters is 1. The van der Waals surface area contributed by atoms with Crippen LogP contribution in [0.15, 0.2) is 47.4 Å². The summed E-state index contributed by atoms with van der Waals surface area (Å²) in [5.74, 6) is -1.47. The number of primary amides is 1. The first-order chi connectivity index (χ1) is 12.1. The third-order valence-corrected chi connectivity index (χ3v) is 4.98. The molecule has 138 valence electrons. The average Bonchev–Trinajstić information content (AvgIpc) is 2.57. The number of carbonyl (C=O) groups is 2. The lowest BCUT2D eigenvalue weighted by Crippen LogP contribution is -2.30. The van der Waals surface area contributed by atoms with Gasteiger partial charge in [0.25, 0.3) is 5.91 Å². The first-order valence-corrected chi connectivity index (χ1v) is 9.13. The van der Waals surface area contributed by atoms with E-state index in [0.717, 1.165) is 5.56 Å². The van der Waals surface area contributed by atoms with E-state index < -0.39 is 28.1 Å². The molecule has 1 amide bonds. The molecule has 0 saturated heterocycles. The monoisotopic (exact) mass is 377 g/mol. The fourth-order valence-corrected chi connectivity index (χ4v) is 3.33. The Morgan fingerprint density at radius 3 is 2.23 bits per heavy atom. The molecule has 0 aromatic heterocycles. The van der Waals surface area contributed by atoms with Gasteiger partial charge in [-0.25, -0.2) is 4.79 Å². The molecule has 7 nitrogen and oxygen atoms in total. The predicted molar refractivity (Wildman–Crippen MR) is 94.2 cm³/mol. The molecule has 8 heteroatoms. The average molecular weight is 377 g/mol. The smallest absolute Gasteiger partial charge is 0.339 e. The highest BCUT2D eigenvalue weighted by atomic mass is 32.2. The zero-order valence-corrected chi connectivity index (χ0v) is 15.4. The molecule has 0 unspecified atom stereocenters. The molecule has 0 aliphatic carbocycles. The fraction of sp³-hybridized carbons (Fsp3) is 0.222. The van der Waals surface area contributed by atoms with Crippen molar-refractivity contribution in [2.24, 2.45) is 5.73 Å². The number of rotatable bonds is 6. The Hall–Kier alpha value is -2.87. The second-order valence-electron chi connectivity index (χ2n) is 5.78. The van der Waals surface area contributed by atoms with Crippen LogP contribution in [0.5, 0.6) is 5.75 Å². The highest BCUT2D eigenvalue weighted by Crippen LogP contribution is 2.23. The molecule has 0 aliphatic rings. The molecule has 0 heterocycles. The van der Waals surface area contributed by atoms with Crippen LogP contribution in [-0.4, -0.2) is 26.4 Å². The first kappa shape index (κ1) is 19.5. The Kier molecular flexibility index (Phi) is 5.66. The van der Waals surface area contributed by atoms with Crippen LogP contribution >= 0.6 is 0 Å². The molecule has 0 saturated carbocycles. The molecule has 2 aromatic rings. The Morgan fingerprint density at radius 2 is 1.65 bits per heavy atom. The molecule has 0 bridgehead atoms. The van der Waals surface area contributed by atoms with Gasteiger partial charge in [-0.15, -0.1) is 0 Å². The van der Waals surface area contributed by atoms with Crippen molar-refractivity contribution in [1.29, 1.82) is 0 Å². The van der Waals surface area contributed by atoms with Gasteiger partial charge in [0.2, 0.25) is 0 Å². The second-order valence-corrected chi connectivity index (χ2v) is 7.30. The van der Waals surface area contributed by atoms with Gasteiger partial charge in [0, 0.05) is 0 Å². The van der Waals surface area contributed by atoms with Gasteiger partial charge < -0.3 is 14.7 Å². The highest BCUT2D eigenvalue weighted by molar-refractivity contribution is 7.87. The van der Waals surface area contributed by atoms with Crippen molar-refractivity contribution in [1.82, 2.24) is 0 Å². The van der Waals surface area contributed by atoms with E-state index in [1.54, 1.807) is 19.9 Å². The number of hydrogen-bond donors (Lipinski definition) is 1. The van der Waals surface area contributed by atoms with E-state index in [1.165, 1.54) is 37.3 Å². The lowest BCUT2D eigenvalue weighted by molar-refractivity contribution is -0.125. The third-order valence-electron chi connectivity index (χ3n) is 3.59. The van der Waals surface area contributed by atoms with Crippen molar-refractivity contribution in [2.45, 2.75) is 31.8 Å². The van der Waals surface area contributed by atoms with Crippen LogP contribution in [0.4, 0.5) is 0 Å². The van der Waals surface area contributed by atoms with Crippen molar-refractivity contribution in [3.63, 3.8) is 0 Å². The number of aryl methyl sites for hydroxylation is 2. The Labute approximate surface area is 151 Å². The van der Waals surface area contributed by atoms with E-state index in [-0.39, 0.29) is 16.2 Å². The molecule has 0 fully saturated rings. The SMILES string of the molecule is Cc1ccc(C)c(S(=O)(=O)Oc2ccc(C(=O)O[C@@H](C)C(N)=O)cc2)c1. The lowest BCUT2D eigenvalue weighted by Gasteiger charge is -2.11. The van der Waals surface area contributed by atoms with Crippen LogP contribution in [0.25, 0.3) is 0 Å². The molecule has 0 spiro atoms. The fourth-order valence-electron chi connectivity index (χ4n) is 2.08. The number of carbonyl (C=O) groups excluding carboxylic acids is 2. The third kappa shape index (κ3) is 4.60. The van der Waals surface area contributed by atoms with Gasteiger partial charge in [-0.2, -0.15) is 8.42 Å². The first-order valence-electron chi connectivity index (χ1n) is 7.72. The van der Waals surface area contributed by atoms with Crippen molar-refractivity contribution in [3.05, 3.63) is 59.2 Å². The summed E-state index contributed by atoms with van der Waals surface area (Å²) in [6, 6.07) is 10.4. The van der Waals surface area contributed by atoms with Crippen molar-refractivity contribution >= 4 is 22.0 Å². The molecule has 26 heavy (non-hydrogen) atoms. The van der Waals surface area contributed by atoms with Crippen LogP contribution in [-0.2, 0) is 19.6 Å². The minimum absolute atomic E-state index is 0.0467. The Bertz CT molecular complexity index is 935. The summed E-state index contributed by atoms with van der Waals surface area (Å²) in [5, 5.41) is 0. The van der Waals surface area contributed by atoms with E-state index in [0.29, 0.717) is 5.56 Å². The van der Waals surface area contributed by atoms with Gasteiger partial charge in [-0.1, -0.05) is 12.1 Å².